The lowest BCUT2D eigenvalue weighted by Gasteiger charge is -2.25. The maximum Gasteiger partial charge on any atom is 0.335 e. The van der Waals surface area contributed by atoms with E-state index >= 15 is 0 Å². The number of nitrogens with one attached hydrogen (secondary N) is 1. The molecule has 5 nitrogen and oxygen atoms in total. The van der Waals surface area contributed by atoms with Crippen LogP contribution in [0.2, 0.25) is 0 Å². The Morgan fingerprint density at radius 3 is 2.56 bits per heavy atom. The quantitative estimate of drug-likeness (QED) is 0.369. The number of aromatic nitrogens is 2. The second kappa shape index (κ2) is 8.87. The van der Waals surface area contributed by atoms with Gasteiger partial charge in [0.15, 0.2) is 0 Å². The lowest BCUT2D eigenvalue weighted by atomic mass is 9.94. The topological polar surface area (TPSA) is 67.2 Å². The van der Waals surface area contributed by atoms with Crippen LogP contribution in [-0.2, 0) is 6.54 Å². The normalized spacial score (nSPS) is 14.5. The molecule has 1 saturated carbocycles. The van der Waals surface area contributed by atoms with Crippen LogP contribution in [0.15, 0.2) is 72.8 Å². The minimum atomic E-state index is -0.922. The highest BCUT2D eigenvalue weighted by atomic mass is 16.4. The van der Waals surface area contributed by atoms with Crippen LogP contribution in [0, 0.1) is 0 Å². The zero-order valence-electron chi connectivity index (χ0n) is 18.0. The van der Waals surface area contributed by atoms with Gasteiger partial charge in [0.05, 0.1) is 16.6 Å². The Morgan fingerprint density at radius 2 is 1.78 bits per heavy atom. The van der Waals surface area contributed by atoms with E-state index in [-0.39, 0.29) is 5.56 Å². The van der Waals surface area contributed by atoms with E-state index in [1.807, 2.05) is 24.3 Å². The maximum atomic E-state index is 11.5. The van der Waals surface area contributed by atoms with Crippen molar-refractivity contribution < 1.29 is 9.90 Å². The third-order valence-electron chi connectivity index (χ3n) is 6.33. The number of para-hydroxylation sites is 1. The number of nitrogens with zero attached hydrogens (tertiary/aromatic N) is 2. The molecule has 32 heavy (non-hydrogen) atoms. The highest BCUT2D eigenvalue weighted by molar-refractivity contribution is 5.93. The Bertz CT molecular complexity index is 1240. The number of rotatable bonds is 6. The predicted molar refractivity (Wildman–Crippen MR) is 128 cm³/mol. The van der Waals surface area contributed by atoms with Gasteiger partial charge in [-0.3, -0.25) is 0 Å². The molecule has 5 heteroatoms. The summed E-state index contributed by atoms with van der Waals surface area (Å²) in [7, 11) is 0. The monoisotopic (exact) mass is 425 g/mol. The van der Waals surface area contributed by atoms with Gasteiger partial charge in [0, 0.05) is 23.8 Å². The summed E-state index contributed by atoms with van der Waals surface area (Å²) in [6, 6.07) is 24.4. The molecule has 1 aliphatic rings. The Morgan fingerprint density at radius 1 is 0.969 bits per heavy atom. The second-order valence-corrected chi connectivity index (χ2v) is 8.53. The molecule has 0 saturated heterocycles. The molecule has 4 aromatic rings. The number of carbonyl (C=O) groups is 1. The van der Waals surface area contributed by atoms with Crippen LogP contribution < -0.4 is 5.32 Å². The third-order valence-corrected chi connectivity index (χ3v) is 6.33. The molecule has 0 amide bonds. The molecule has 0 spiro atoms. The molecule has 0 radical (unpaired) electrons. The summed E-state index contributed by atoms with van der Waals surface area (Å²) in [6.45, 7) is 0.727. The maximum absolute atomic E-state index is 11.5. The Balaban J connectivity index is 1.54. The van der Waals surface area contributed by atoms with Crippen molar-refractivity contribution in [2.45, 2.75) is 44.7 Å². The Hall–Kier alpha value is -3.60. The molecule has 2 N–H and O–H groups in total. The molecule has 1 fully saturated rings. The average molecular weight is 426 g/mol. The van der Waals surface area contributed by atoms with Crippen LogP contribution in [0.3, 0.4) is 0 Å². The van der Waals surface area contributed by atoms with E-state index in [4.69, 9.17) is 4.98 Å². The first-order chi connectivity index (χ1) is 15.7. The number of fused-ring (bicyclic) bond motifs is 1. The SMILES string of the molecule is O=C(O)c1ccc2c(c1)nc(-c1cccc(CNc3ccccc3)c1)n2C1CCCCC1. The lowest BCUT2D eigenvalue weighted by molar-refractivity contribution is 0.0697. The molecular weight excluding hydrogens is 398 g/mol. The van der Waals surface area contributed by atoms with Gasteiger partial charge in [-0.15, -0.1) is 0 Å². The van der Waals surface area contributed by atoms with Gasteiger partial charge in [0.2, 0.25) is 0 Å². The van der Waals surface area contributed by atoms with Crippen LogP contribution in [-0.4, -0.2) is 20.6 Å². The highest BCUT2D eigenvalue weighted by Crippen LogP contribution is 2.36. The zero-order valence-corrected chi connectivity index (χ0v) is 18.0. The minimum Gasteiger partial charge on any atom is -0.478 e. The molecule has 162 valence electrons. The first kappa shape index (κ1) is 20.3. The number of benzene rings is 3. The van der Waals surface area contributed by atoms with Gasteiger partial charge >= 0.3 is 5.97 Å². The van der Waals surface area contributed by atoms with Crippen molar-refractivity contribution in [1.29, 1.82) is 0 Å². The van der Waals surface area contributed by atoms with Gasteiger partial charge < -0.3 is 15.0 Å². The summed E-state index contributed by atoms with van der Waals surface area (Å²) < 4.78 is 2.35. The number of hydrogen-bond donors (Lipinski definition) is 2. The van der Waals surface area contributed by atoms with E-state index in [9.17, 15) is 9.90 Å². The number of imidazole rings is 1. The highest BCUT2D eigenvalue weighted by Gasteiger charge is 2.23. The van der Waals surface area contributed by atoms with E-state index in [0.29, 0.717) is 6.04 Å². The molecule has 3 aromatic carbocycles. The molecule has 1 aliphatic carbocycles. The van der Waals surface area contributed by atoms with Crippen molar-refractivity contribution in [1.82, 2.24) is 9.55 Å². The van der Waals surface area contributed by atoms with Crippen molar-refractivity contribution >= 4 is 22.7 Å². The van der Waals surface area contributed by atoms with Crippen LogP contribution in [0.25, 0.3) is 22.4 Å². The summed E-state index contributed by atoms with van der Waals surface area (Å²) >= 11 is 0. The van der Waals surface area contributed by atoms with Crippen LogP contribution in [0.5, 0.6) is 0 Å². The summed E-state index contributed by atoms with van der Waals surface area (Å²) in [6.07, 6.45) is 5.99. The fraction of sp³-hybridized carbons (Fsp3) is 0.259. The second-order valence-electron chi connectivity index (χ2n) is 8.53. The van der Waals surface area contributed by atoms with Crippen molar-refractivity contribution in [3.8, 4) is 11.4 Å². The van der Waals surface area contributed by atoms with Crippen molar-refractivity contribution in [2.75, 3.05) is 5.32 Å². The molecule has 1 aromatic heterocycles. The summed E-state index contributed by atoms with van der Waals surface area (Å²) in [4.78, 5) is 16.4. The van der Waals surface area contributed by atoms with Gasteiger partial charge in [0.1, 0.15) is 5.82 Å². The standard InChI is InChI=1S/C27H27N3O2/c31-27(32)21-14-15-25-24(17-21)29-26(30(25)23-12-5-2-6-13-23)20-9-7-8-19(16-20)18-28-22-10-3-1-4-11-22/h1,3-4,7-11,14-17,23,28H,2,5-6,12-13,18H2,(H,31,32). The van der Waals surface area contributed by atoms with Crippen molar-refractivity contribution in [2.24, 2.45) is 0 Å². The predicted octanol–water partition coefficient (Wildman–Crippen LogP) is 6.52. The molecule has 0 unspecified atom stereocenters. The minimum absolute atomic E-state index is 0.276. The van der Waals surface area contributed by atoms with E-state index in [0.717, 1.165) is 47.5 Å². The Kier molecular flexibility index (Phi) is 5.63. The third kappa shape index (κ3) is 4.11. The summed E-state index contributed by atoms with van der Waals surface area (Å²) in [5.74, 6) is 0.00523. The van der Waals surface area contributed by atoms with Gasteiger partial charge in [0.25, 0.3) is 0 Å². The number of anilines is 1. The van der Waals surface area contributed by atoms with E-state index in [1.54, 1.807) is 12.1 Å². The smallest absolute Gasteiger partial charge is 0.335 e. The van der Waals surface area contributed by atoms with E-state index < -0.39 is 5.97 Å². The fourth-order valence-corrected chi connectivity index (χ4v) is 4.72. The largest absolute Gasteiger partial charge is 0.478 e. The summed E-state index contributed by atoms with van der Waals surface area (Å²) in [5, 5.41) is 12.9. The molecular formula is C27H27N3O2. The van der Waals surface area contributed by atoms with Gasteiger partial charge in [-0.25, -0.2) is 9.78 Å². The first-order valence-corrected chi connectivity index (χ1v) is 11.3. The van der Waals surface area contributed by atoms with Gasteiger partial charge in [-0.2, -0.15) is 0 Å². The average Bonchev–Trinajstić information content (AvgIpc) is 3.23. The number of carboxylic acids is 1. The molecule has 0 atom stereocenters. The molecule has 5 rings (SSSR count). The van der Waals surface area contributed by atoms with Crippen molar-refractivity contribution in [3.05, 3.63) is 83.9 Å². The Labute approximate surface area is 187 Å². The molecule has 0 bridgehead atoms. The summed E-state index contributed by atoms with van der Waals surface area (Å²) in [5.41, 5.74) is 5.38. The number of aromatic carboxylic acids is 1. The van der Waals surface area contributed by atoms with Gasteiger partial charge in [-0.05, 0) is 54.8 Å². The number of carboxylic acid groups (broad SMARTS) is 1. The van der Waals surface area contributed by atoms with Crippen LogP contribution in [0.4, 0.5) is 5.69 Å². The van der Waals surface area contributed by atoms with E-state index in [1.165, 1.54) is 24.8 Å². The number of hydrogen-bond acceptors (Lipinski definition) is 3. The zero-order chi connectivity index (χ0) is 21.9. The van der Waals surface area contributed by atoms with E-state index in [2.05, 4.69) is 46.3 Å². The molecule has 0 aliphatic heterocycles. The van der Waals surface area contributed by atoms with Crippen LogP contribution >= 0.6 is 0 Å². The van der Waals surface area contributed by atoms with Crippen molar-refractivity contribution in [3.63, 3.8) is 0 Å². The molecule has 1 heterocycles. The van der Waals surface area contributed by atoms with Gasteiger partial charge in [-0.1, -0.05) is 55.7 Å². The van der Waals surface area contributed by atoms with Crippen LogP contribution in [0.1, 0.15) is 54.1 Å². The fourth-order valence-electron chi connectivity index (χ4n) is 4.72. The first-order valence-electron chi connectivity index (χ1n) is 11.3. The lowest BCUT2D eigenvalue weighted by Crippen LogP contribution is -2.14.